The Morgan fingerprint density at radius 3 is 2.50 bits per heavy atom. The van der Waals surface area contributed by atoms with E-state index in [4.69, 9.17) is 39.5 Å². The van der Waals surface area contributed by atoms with Crippen molar-refractivity contribution in [3.63, 3.8) is 0 Å². The van der Waals surface area contributed by atoms with E-state index in [2.05, 4.69) is 0 Å². The van der Waals surface area contributed by atoms with Crippen molar-refractivity contribution in [1.29, 1.82) is 0 Å². The average Bonchev–Trinajstić information content (AvgIpc) is 2.54. The number of hydrogen-bond donors (Lipinski definition) is 1. The molecule has 1 aliphatic heterocycles. The predicted octanol–water partition coefficient (Wildman–Crippen LogP) is 3.51. The second-order valence-corrected chi connectivity index (χ2v) is 8.23. The molecule has 8 heteroatoms. The number of benzene rings is 1. The van der Waals surface area contributed by atoms with E-state index >= 15 is 0 Å². The Labute approximate surface area is 155 Å². The molecular weight excluding hydrogens is 377 g/mol. The molecule has 3 atom stereocenters. The Morgan fingerprint density at radius 1 is 1.33 bits per heavy atom. The topological polar surface area (TPSA) is 66.8 Å². The van der Waals surface area contributed by atoms with Gasteiger partial charge in [-0.05, 0) is 5.56 Å². The molecule has 1 heterocycles. The van der Waals surface area contributed by atoms with Crippen LogP contribution in [0.1, 0.15) is 24.9 Å². The minimum atomic E-state index is -1.73. The van der Waals surface area contributed by atoms with Crippen LogP contribution in [0.3, 0.4) is 0 Å². The number of Topliss-reactive ketones (excluding diaryl/α,β-unsaturated/α-hetero) is 1. The normalized spacial score (nSPS) is 24.8. The molecule has 2 rings (SSSR count). The third-order valence-corrected chi connectivity index (χ3v) is 4.44. The van der Waals surface area contributed by atoms with E-state index in [0.717, 1.165) is 5.56 Å². The van der Waals surface area contributed by atoms with Gasteiger partial charge in [0, 0.05) is 12.3 Å². The predicted molar refractivity (Wildman–Crippen MR) is 92.3 cm³/mol. The molecule has 24 heavy (non-hydrogen) atoms. The van der Waals surface area contributed by atoms with Crippen molar-refractivity contribution in [1.82, 2.24) is 4.90 Å². The van der Waals surface area contributed by atoms with Gasteiger partial charge >= 0.3 is 6.09 Å². The van der Waals surface area contributed by atoms with Crippen LogP contribution in [-0.4, -0.2) is 44.9 Å². The molecule has 1 aromatic rings. The first kappa shape index (κ1) is 19.3. The lowest BCUT2D eigenvalue weighted by atomic mass is 9.83. The van der Waals surface area contributed by atoms with Gasteiger partial charge < -0.3 is 9.84 Å². The SMILES string of the molecule is C[C@@H]1C(=O)C[C@@H](c2ccccc2)N(C(=O)OCC(Cl)(Cl)Cl)[C@H]1CO. The highest BCUT2D eigenvalue weighted by atomic mass is 35.6. The summed E-state index contributed by atoms with van der Waals surface area (Å²) in [5.41, 5.74) is 0.780. The molecule has 1 saturated heterocycles. The number of hydrogen-bond acceptors (Lipinski definition) is 4. The van der Waals surface area contributed by atoms with Gasteiger partial charge in [-0.2, -0.15) is 0 Å². The Kier molecular flexibility index (Phi) is 6.37. The zero-order valence-corrected chi connectivity index (χ0v) is 15.3. The van der Waals surface area contributed by atoms with Crippen LogP contribution >= 0.6 is 34.8 Å². The van der Waals surface area contributed by atoms with Crippen LogP contribution in [-0.2, 0) is 9.53 Å². The number of amides is 1. The monoisotopic (exact) mass is 393 g/mol. The number of rotatable bonds is 3. The number of aliphatic hydroxyl groups excluding tert-OH is 1. The van der Waals surface area contributed by atoms with Crippen molar-refractivity contribution in [2.45, 2.75) is 29.2 Å². The van der Waals surface area contributed by atoms with E-state index < -0.39 is 34.5 Å². The summed E-state index contributed by atoms with van der Waals surface area (Å²) in [5, 5.41) is 9.71. The first-order chi connectivity index (χ1) is 11.2. The molecule has 1 N–H and O–H groups in total. The van der Waals surface area contributed by atoms with Crippen LogP contribution in [0.4, 0.5) is 4.79 Å². The van der Waals surface area contributed by atoms with E-state index in [0.29, 0.717) is 0 Å². The zero-order chi connectivity index (χ0) is 17.9. The van der Waals surface area contributed by atoms with Gasteiger partial charge in [0.25, 0.3) is 0 Å². The largest absolute Gasteiger partial charge is 0.445 e. The minimum Gasteiger partial charge on any atom is -0.445 e. The van der Waals surface area contributed by atoms with Crippen LogP contribution in [0.2, 0.25) is 0 Å². The van der Waals surface area contributed by atoms with Gasteiger partial charge in [0.05, 0.1) is 18.7 Å². The molecule has 0 unspecified atom stereocenters. The van der Waals surface area contributed by atoms with Crippen molar-refractivity contribution in [3.05, 3.63) is 35.9 Å². The highest BCUT2D eigenvalue weighted by molar-refractivity contribution is 6.67. The van der Waals surface area contributed by atoms with E-state index in [1.807, 2.05) is 30.3 Å². The lowest BCUT2D eigenvalue weighted by Gasteiger charge is -2.43. The standard InChI is InChI=1S/C16H18Cl3NO4/c1-10-13(8-21)20(15(23)24-9-16(17,18)19)12(7-14(10)22)11-5-3-2-4-6-11/h2-6,10,12-13,21H,7-9H2,1H3/t10-,12-,13-/m0/s1. The van der Waals surface area contributed by atoms with E-state index in [9.17, 15) is 14.7 Å². The second kappa shape index (κ2) is 7.91. The lowest BCUT2D eigenvalue weighted by molar-refractivity contribution is -0.131. The molecule has 0 bridgehead atoms. The number of likely N-dealkylation sites (tertiary alicyclic amines) is 1. The van der Waals surface area contributed by atoms with Gasteiger partial charge in [0.15, 0.2) is 0 Å². The molecule has 1 aromatic carbocycles. The number of carbonyl (C=O) groups is 2. The summed E-state index contributed by atoms with van der Waals surface area (Å²) in [6.07, 6.45) is -0.585. The highest BCUT2D eigenvalue weighted by Crippen LogP contribution is 2.36. The summed E-state index contributed by atoms with van der Waals surface area (Å²) in [4.78, 5) is 26.2. The van der Waals surface area contributed by atoms with Crippen LogP contribution in [0.5, 0.6) is 0 Å². The first-order valence-corrected chi connectivity index (χ1v) is 8.58. The lowest BCUT2D eigenvalue weighted by Crippen LogP contribution is -2.54. The van der Waals surface area contributed by atoms with Crippen LogP contribution in [0.25, 0.3) is 0 Å². The Hall–Kier alpha value is -1.01. The third kappa shape index (κ3) is 4.54. The van der Waals surface area contributed by atoms with Crippen LogP contribution in [0.15, 0.2) is 30.3 Å². The number of ether oxygens (including phenoxy) is 1. The fourth-order valence-electron chi connectivity index (χ4n) is 2.84. The van der Waals surface area contributed by atoms with E-state index in [-0.39, 0.29) is 18.8 Å². The number of piperidine rings is 1. The average molecular weight is 395 g/mol. The molecule has 0 aliphatic carbocycles. The van der Waals surface area contributed by atoms with Crippen molar-refractivity contribution < 1.29 is 19.4 Å². The molecule has 1 fully saturated rings. The molecule has 1 amide bonds. The quantitative estimate of drug-likeness (QED) is 0.797. The maximum Gasteiger partial charge on any atom is 0.410 e. The number of ketones is 1. The number of nitrogens with zero attached hydrogens (tertiary/aromatic N) is 1. The Morgan fingerprint density at radius 2 is 1.96 bits per heavy atom. The summed E-state index contributed by atoms with van der Waals surface area (Å²) in [5.74, 6) is -0.524. The fraction of sp³-hybridized carbons (Fsp3) is 0.500. The van der Waals surface area contributed by atoms with Crippen molar-refractivity contribution in [2.24, 2.45) is 5.92 Å². The number of alkyl halides is 3. The number of aliphatic hydroxyl groups is 1. The summed E-state index contributed by atoms with van der Waals surface area (Å²) in [6, 6.07) is 7.88. The van der Waals surface area contributed by atoms with Crippen LogP contribution in [0, 0.1) is 5.92 Å². The van der Waals surface area contributed by atoms with Gasteiger partial charge in [0.2, 0.25) is 3.79 Å². The fourth-order valence-corrected chi connectivity index (χ4v) is 3.01. The number of halogens is 3. The molecule has 0 radical (unpaired) electrons. The van der Waals surface area contributed by atoms with Gasteiger partial charge in [-0.3, -0.25) is 9.69 Å². The Bertz CT molecular complexity index is 591. The number of carbonyl (C=O) groups excluding carboxylic acids is 2. The van der Waals surface area contributed by atoms with Crippen molar-refractivity contribution in [3.8, 4) is 0 Å². The molecule has 132 valence electrons. The molecule has 0 spiro atoms. The van der Waals surface area contributed by atoms with E-state index in [1.165, 1.54) is 4.90 Å². The van der Waals surface area contributed by atoms with Crippen molar-refractivity contribution in [2.75, 3.05) is 13.2 Å². The molecule has 0 aromatic heterocycles. The maximum absolute atomic E-state index is 12.6. The third-order valence-electron chi connectivity index (χ3n) is 4.11. The molecule has 5 nitrogen and oxygen atoms in total. The summed E-state index contributed by atoms with van der Waals surface area (Å²) >= 11 is 16.9. The highest BCUT2D eigenvalue weighted by Gasteiger charge is 2.44. The minimum absolute atomic E-state index is 0.0201. The zero-order valence-electron chi connectivity index (χ0n) is 13.0. The summed E-state index contributed by atoms with van der Waals surface area (Å²) in [7, 11) is 0. The first-order valence-electron chi connectivity index (χ1n) is 7.45. The molecule has 0 saturated carbocycles. The second-order valence-electron chi connectivity index (χ2n) is 5.71. The van der Waals surface area contributed by atoms with Crippen molar-refractivity contribution >= 4 is 46.7 Å². The van der Waals surface area contributed by atoms with Gasteiger partial charge in [0.1, 0.15) is 12.4 Å². The molecular formula is C16H18Cl3NO4. The van der Waals surface area contributed by atoms with Gasteiger partial charge in [-0.1, -0.05) is 72.1 Å². The van der Waals surface area contributed by atoms with Crippen LogP contribution < -0.4 is 0 Å². The summed E-state index contributed by atoms with van der Waals surface area (Å²) < 4.78 is 3.35. The van der Waals surface area contributed by atoms with Gasteiger partial charge in [-0.25, -0.2) is 4.79 Å². The summed E-state index contributed by atoms with van der Waals surface area (Å²) in [6.45, 7) is 0.897. The molecule has 1 aliphatic rings. The smallest absolute Gasteiger partial charge is 0.410 e. The maximum atomic E-state index is 12.6. The Balaban J connectivity index is 2.31. The van der Waals surface area contributed by atoms with E-state index in [1.54, 1.807) is 6.92 Å². The van der Waals surface area contributed by atoms with Gasteiger partial charge in [-0.15, -0.1) is 0 Å².